The Kier molecular flexibility index (Phi) is 2.83. The number of ether oxygens (including phenoxy) is 2. The minimum absolute atomic E-state index is 0.0312. The Morgan fingerprint density at radius 3 is 2.78 bits per heavy atom. The molecule has 0 bridgehead atoms. The number of rotatable bonds is 2. The molecule has 0 amide bonds. The van der Waals surface area contributed by atoms with Crippen LogP contribution in [0.2, 0.25) is 0 Å². The van der Waals surface area contributed by atoms with Gasteiger partial charge in [-0.15, -0.1) is 0 Å². The second-order valence-electron chi connectivity index (χ2n) is 5.02. The fourth-order valence-electron chi connectivity index (χ4n) is 2.47. The summed E-state index contributed by atoms with van der Waals surface area (Å²) in [5.74, 6) is 0.0692. The Hall–Kier alpha value is -3.29. The van der Waals surface area contributed by atoms with E-state index in [2.05, 4.69) is 9.97 Å². The van der Waals surface area contributed by atoms with Crippen LogP contribution >= 0.6 is 0 Å². The summed E-state index contributed by atoms with van der Waals surface area (Å²) in [5.41, 5.74) is 0.621. The minimum Gasteiger partial charge on any atom is -0.486 e. The molecule has 2 aromatic heterocycles. The maximum atomic E-state index is 12.1. The number of aromatic amines is 1. The van der Waals surface area contributed by atoms with E-state index >= 15 is 0 Å². The Morgan fingerprint density at radius 1 is 1.22 bits per heavy atom. The molecule has 0 aliphatic carbocycles. The number of aromatic nitrogens is 3. The topological polar surface area (TPSA) is 106 Å². The fraction of sp³-hybridized carbons (Fsp3) is 0.133. The fourth-order valence-corrected chi connectivity index (χ4v) is 2.47. The number of carboxylic acids is 1. The van der Waals surface area contributed by atoms with Crippen molar-refractivity contribution in [3.63, 3.8) is 0 Å². The second-order valence-corrected chi connectivity index (χ2v) is 5.02. The molecule has 0 unspecified atom stereocenters. The van der Waals surface area contributed by atoms with Crippen LogP contribution in [0.3, 0.4) is 0 Å². The van der Waals surface area contributed by atoms with Crippen molar-refractivity contribution < 1.29 is 19.4 Å². The van der Waals surface area contributed by atoms with Crippen LogP contribution in [0.1, 0.15) is 10.5 Å². The standard InChI is InChI=1S/C15H11N3O5/c19-14-13-16-10(15(20)21)7-18(13)6-9(17-14)8-1-2-11-12(5-8)23-4-3-22-11/h1-2,5-7H,3-4H2,(H,17,19)(H,20,21). The lowest BCUT2D eigenvalue weighted by Crippen LogP contribution is -2.15. The predicted molar refractivity (Wildman–Crippen MR) is 79.2 cm³/mol. The molecule has 1 aliphatic heterocycles. The molecule has 3 heterocycles. The smallest absolute Gasteiger partial charge is 0.356 e. The third kappa shape index (κ3) is 2.20. The van der Waals surface area contributed by atoms with Crippen LogP contribution in [-0.2, 0) is 0 Å². The van der Waals surface area contributed by atoms with E-state index in [0.717, 1.165) is 5.56 Å². The van der Waals surface area contributed by atoms with Crippen LogP contribution in [0.25, 0.3) is 16.9 Å². The average Bonchev–Trinajstić information content (AvgIpc) is 2.99. The number of fused-ring (bicyclic) bond motifs is 2. The number of nitrogens with one attached hydrogen (secondary N) is 1. The van der Waals surface area contributed by atoms with E-state index in [0.29, 0.717) is 30.4 Å². The summed E-state index contributed by atoms with van der Waals surface area (Å²) >= 11 is 0. The van der Waals surface area contributed by atoms with E-state index < -0.39 is 11.5 Å². The summed E-state index contributed by atoms with van der Waals surface area (Å²) in [4.78, 5) is 29.6. The number of hydrogen-bond donors (Lipinski definition) is 2. The van der Waals surface area contributed by atoms with Crippen molar-refractivity contribution in [2.45, 2.75) is 0 Å². The van der Waals surface area contributed by atoms with Gasteiger partial charge >= 0.3 is 5.97 Å². The molecule has 1 aromatic carbocycles. The summed E-state index contributed by atoms with van der Waals surface area (Å²) in [7, 11) is 0. The first-order valence-corrected chi connectivity index (χ1v) is 6.87. The van der Waals surface area contributed by atoms with E-state index in [1.54, 1.807) is 24.4 Å². The Balaban J connectivity index is 1.85. The van der Waals surface area contributed by atoms with Crippen LogP contribution < -0.4 is 15.0 Å². The summed E-state index contributed by atoms with van der Waals surface area (Å²) in [5, 5.41) is 8.98. The number of carbonyl (C=O) groups is 1. The van der Waals surface area contributed by atoms with Gasteiger partial charge in [-0.05, 0) is 18.2 Å². The first-order chi connectivity index (χ1) is 11.1. The van der Waals surface area contributed by atoms with Crippen LogP contribution in [0, 0.1) is 0 Å². The Morgan fingerprint density at radius 2 is 2.00 bits per heavy atom. The van der Waals surface area contributed by atoms with E-state index in [4.69, 9.17) is 14.6 Å². The molecule has 8 heteroatoms. The lowest BCUT2D eigenvalue weighted by atomic mass is 10.1. The van der Waals surface area contributed by atoms with Gasteiger partial charge in [0.1, 0.15) is 13.2 Å². The van der Waals surface area contributed by atoms with E-state index in [-0.39, 0.29) is 11.3 Å². The summed E-state index contributed by atoms with van der Waals surface area (Å²) < 4.78 is 12.4. The molecule has 0 atom stereocenters. The zero-order chi connectivity index (χ0) is 16.0. The number of H-pyrrole nitrogens is 1. The number of aromatic carboxylic acids is 1. The maximum absolute atomic E-state index is 12.1. The van der Waals surface area contributed by atoms with Crippen molar-refractivity contribution >= 4 is 11.6 Å². The van der Waals surface area contributed by atoms with Crippen LogP contribution in [0.15, 0.2) is 35.4 Å². The van der Waals surface area contributed by atoms with Crippen molar-refractivity contribution in [2.24, 2.45) is 0 Å². The number of nitrogens with zero attached hydrogens (tertiary/aromatic N) is 2. The quantitative estimate of drug-likeness (QED) is 0.735. The van der Waals surface area contributed by atoms with Gasteiger partial charge in [-0.2, -0.15) is 0 Å². The highest BCUT2D eigenvalue weighted by molar-refractivity contribution is 5.86. The number of hydrogen-bond acceptors (Lipinski definition) is 5. The van der Waals surface area contributed by atoms with E-state index in [1.807, 2.05) is 0 Å². The van der Waals surface area contributed by atoms with Crippen LogP contribution in [0.4, 0.5) is 0 Å². The molecule has 23 heavy (non-hydrogen) atoms. The molecule has 1 aliphatic rings. The van der Waals surface area contributed by atoms with Gasteiger partial charge in [0, 0.05) is 18.0 Å². The lowest BCUT2D eigenvalue weighted by molar-refractivity contribution is 0.0691. The van der Waals surface area contributed by atoms with Crippen molar-refractivity contribution in [1.82, 2.24) is 14.4 Å². The highest BCUT2D eigenvalue weighted by atomic mass is 16.6. The van der Waals surface area contributed by atoms with Gasteiger partial charge in [0.25, 0.3) is 5.56 Å². The van der Waals surface area contributed by atoms with E-state index in [1.165, 1.54) is 10.6 Å². The molecule has 3 aromatic rings. The summed E-state index contributed by atoms with van der Waals surface area (Å²) in [6.45, 7) is 0.970. The van der Waals surface area contributed by atoms with Gasteiger partial charge in [-0.3, -0.25) is 9.20 Å². The molecular formula is C15H11N3O5. The molecular weight excluding hydrogens is 302 g/mol. The number of imidazole rings is 1. The second kappa shape index (κ2) is 4.87. The minimum atomic E-state index is -1.19. The van der Waals surface area contributed by atoms with E-state index in [9.17, 15) is 9.59 Å². The van der Waals surface area contributed by atoms with Crippen molar-refractivity contribution in [3.05, 3.63) is 46.6 Å². The molecule has 0 fully saturated rings. The molecule has 0 saturated carbocycles. The first kappa shape index (κ1) is 13.4. The van der Waals surface area contributed by atoms with Gasteiger partial charge in [-0.1, -0.05) is 0 Å². The first-order valence-electron chi connectivity index (χ1n) is 6.87. The third-order valence-corrected chi connectivity index (χ3v) is 3.52. The molecule has 2 N–H and O–H groups in total. The predicted octanol–water partition coefficient (Wildman–Crippen LogP) is 1.16. The normalized spacial score (nSPS) is 13.2. The zero-order valence-electron chi connectivity index (χ0n) is 11.8. The van der Waals surface area contributed by atoms with Crippen LogP contribution in [-0.4, -0.2) is 38.7 Å². The molecule has 0 radical (unpaired) electrons. The zero-order valence-corrected chi connectivity index (χ0v) is 11.8. The highest BCUT2D eigenvalue weighted by Gasteiger charge is 2.15. The maximum Gasteiger partial charge on any atom is 0.356 e. The van der Waals surface area contributed by atoms with Crippen molar-refractivity contribution in [1.29, 1.82) is 0 Å². The molecule has 116 valence electrons. The average molecular weight is 313 g/mol. The highest BCUT2D eigenvalue weighted by Crippen LogP contribution is 2.33. The van der Waals surface area contributed by atoms with Crippen molar-refractivity contribution in [2.75, 3.05) is 13.2 Å². The summed E-state index contributed by atoms with van der Waals surface area (Å²) in [6, 6.07) is 5.32. The summed E-state index contributed by atoms with van der Waals surface area (Å²) in [6.07, 6.45) is 2.91. The van der Waals surface area contributed by atoms with Gasteiger partial charge in [0.15, 0.2) is 17.2 Å². The number of carboxylic acid groups (broad SMARTS) is 1. The molecule has 0 saturated heterocycles. The van der Waals surface area contributed by atoms with Gasteiger partial charge < -0.3 is 19.6 Å². The SMILES string of the molecule is O=C(O)c1cn2cc(-c3ccc4c(c3)OCCO4)[nH]c(=O)c2n1. The lowest BCUT2D eigenvalue weighted by Gasteiger charge is -2.18. The largest absolute Gasteiger partial charge is 0.486 e. The number of benzene rings is 1. The van der Waals surface area contributed by atoms with Gasteiger partial charge in [-0.25, -0.2) is 9.78 Å². The van der Waals surface area contributed by atoms with Gasteiger partial charge in [0.2, 0.25) is 5.65 Å². The monoisotopic (exact) mass is 313 g/mol. The van der Waals surface area contributed by atoms with Crippen LogP contribution in [0.5, 0.6) is 11.5 Å². The Labute approximate surface area is 128 Å². The molecule has 0 spiro atoms. The Bertz CT molecular complexity index is 988. The molecule has 8 nitrogen and oxygen atoms in total. The van der Waals surface area contributed by atoms with Crippen molar-refractivity contribution in [3.8, 4) is 22.8 Å². The van der Waals surface area contributed by atoms with Gasteiger partial charge in [0.05, 0.1) is 5.69 Å². The molecule has 4 rings (SSSR count). The third-order valence-electron chi connectivity index (χ3n) is 3.52.